The average Bonchev–Trinajstić information content (AvgIpc) is 2.96. The van der Waals surface area contributed by atoms with Gasteiger partial charge in [0, 0.05) is 11.7 Å². The SMILES string of the molecule is CCc1[nH]c(C(=O)OCC(=O)NC2CCCCC2)c(C)c1C(=O)OC. The van der Waals surface area contributed by atoms with Crippen LogP contribution in [0.25, 0.3) is 0 Å². The maximum absolute atomic E-state index is 12.3. The summed E-state index contributed by atoms with van der Waals surface area (Å²) in [5.74, 6) is -1.45. The van der Waals surface area contributed by atoms with E-state index in [1.54, 1.807) is 6.92 Å². The Hall–Kier alpha value is -2.31. The molecule has 0 spiro atoms. The van der Waals surface area contributed by atoms with Gasteiger partial charge in [0.1, 0.15) is 5.69 Å². The van der Waals surface area contributed by atoms with Gasteiger partial charge in [-0.1, -0.05) is 26.2 Å². The molecule has 0 aromatic carbocycles. The molecule has 0 atom stereocenters. The number of esters is 2. The number of carbonyl (C=O) groups is 3. The van der Waals surface area contributed by atoms with Gasteiger partial charge >= 0.3 is 11.9 Å². The zero-order chi connectivity index (χ0) is 18.4. The quantitative estimate of drug-likeness (QED) is 0.767. The summed E-state index contributed by atoms with van der Waals surface area (Å²) in [4.78, 5) is 39.0. The van der Waals surface area contributed by atoms with Crippen molar-refractivity contribution in [3.8, 4) is 0 Å². The Balaban J connectivity index is 1.97. The number of ether oxygens (including phenoxy) is 2. The minimum atomic E-state index is -0.652. The number of carbonyl (C=O) groups excluding carboxylic acids is 3. The van der Waals surface area contributed by atoms with Gasteiger partial charge in [0.25, 0.3) is 5.91 Å². The number of methoxy groups -OCH3 is 1. The number of rotatable bonds is 6. The summed E-state index contributed by atoms with van der Waals surface area (Å²) in [6, 6.07) is 0.171. The normalized spacial score (nSPS) is 14.8. The first-order valence-electron chi connectivity index (χ1n) is 8.74. The molecular formula is C18H26N2O5. The van der Waals surface area contributed by atoms with Crippen molar-refractivity contribution in [2.75, 3.05) is 13.7 Å². The minimum Gasteiger partial charge on any atom is -0.465 e. The fourth-order valence-corrected chi connectivity index (χ4v) is 3.23. The molecule has 0 unspecified atom stereocenters. The van der Waals surface area contributed by atoms with Crippen LogP contribution < -0.4 is 5.32 Å². The van der Waals surface area contributed by atoms with Crippen molar-refractivity contribution in [1.29, 1.82) is 0 Å². The van der Waals surface area contributed by atoms with Crippen LogP contribution in [0, 0.1) is 6.92 Å². The van der Waals surface area contributed by atoms with Gasteiger partial charge in [0.2, 0.25) is 0 Å². The molecule has 1 aliphatic carbocycles. The number of aryl methyl sites for hydroxylation is 1. The van der Waals surface area contributed by atoms with Gasteiger partial charge in [-0.2, -0.15) is 0 Å². The minimum absolute atomic E-state index is 0.171. The van der Waals surface area contributed by atoms with E-state index in [-0.39, 0.29) is 24.2 Å². The Morgan fingerprint density at radius 3 is 2.44 bits per heavy atom. The Labute approximate surface area is 147 Å². The number of aromatic amines is 1. The van der Waals surface area contributed by atoms with Gasteiger partial charge in [0.15, 0.2) is 6.61 Å². The zero-order valence-corrected chi connectivity index (χ0v) is 15.1. The molecular weight excluding hydrogens is 324 g/mol. The molecule has 7 heteroatoms. The molecule has 1 saturated carbocycles. The average molecular weight is 350 g/mol. The lowest BCUT2D eigenvalue weighted by Gasteiger charge is -2.22. The van der Waals surface area contributed by atoms with Gasteiger partial charge in [0.05, 0.1) is 12.7 Å². The van der Waals surface area contributed by atoms with Gasteiger partial charge in [-0.15, -0.1) is 0 Å². The van der Waals surface area contributed by atoms with E-state index in [1.165, 1.54) is 13.5 Å². The van der Waals surface area contributed by atoms with Crippen molar-refractivity contribution < 1.29 is 23.9 Å². The number of aromatic nitrogens is 1. The molecule has 1 aromatic heterocycles. The number of hydrogen-bond acceptors (Lipinski definition) is 5. The Bertz CT molecular complexity index is 644. The van der Waals surface area contributed by atoms with Gasteiger partial charge in [-0.25, -0.2) is 9.59 Å². The molecule has 1 aromatic rings. The Kier molecular flexibility index (Phi) is 6.61. The van der Waals surface area contributed by atoms with Gasteiger partial charge in [-0.05, 0) is 31.7 Å². The van der Waals surface area contributed by atoms with E-state index in [9.17, 15) is 14.4 Å². The predicted molar refractivity (Wildman–Crippen MR) is 91.5 cm³/mol. The molecule has 25 heavy (non-hydrogen) atoms. The van der Waals surface area contributed by atoms with Gasteiger partial charge < -0.3 is 19.8 Å². The highest BCUT2D eigenvalue weighted by atomic mass is 16.5. The summed E-state index contributed by atoms with van der Waals surface area (Å²) >= 11 is 0. The first-order chi connectivity index (χ1) is 12.0. The second-order valence-electron chi connectivity index (χ2n) is 6.30. The van der Waals surface area contributed by atoms with E-state index < -0.39 is 11.9 Å². The van der Waals surface area contributed by atoms with Crippen LogP contribution in [0.3, 0.4) is 0 Å². The molecule has 0 aliphatic heterocycles. The molecule has 7 nitrogen and oxygen atoms in total. The first-order valence-corrected chi connectivity index (χ1v) is 8.74. The third kappa shape index (κ3) is 4.61. The van der Waals surface area contributed by atoms with Crippen LogP contribution in [0.2, 0.25) is 0 Å². The largest absolute Gasteiger partial charge is 0.465 e. The molecule has 0 saturated heterocycles. The number of amides is 1. The summed E-state index contributed by atoms with van der Waals surface area (Å²) in [5.41, 5.74) is 1.62. The van der Waals surface area contributed by atoms with Crippen molar-refractivity contribution >= 4 is 17.8 Å². The highest BCUT2D eigenvalue weighted by Gasteiger charge is 2.25. The third-order valence-corrected chi connectivity index (χ3v) is 4.58. The summed E-state index contributed by atoms with van der Waals surface area (Å²) < 4.78 is 9.86. The van der Waals surface area contributed by atoms with E-state index in [1.807, 2.05) is 6.92 Å². The molecule has 2 rings (SSSR count). The van der Waals surface area contributed by atoms with Gasteiger partial charge in [-0.3, -0.25) is 4.79 Å². The fourth-order valence-electron chi connectivity index (χ4n) is 3.23. The summed E-state index contributed by atoms with van der Waals surface area (Å²) in [7, 11) is 1.29. The standard InChI is InChI=1S/C18H26N2O5/c1-4-13-15(17(22)24-3)11(2)16(20-13)18(23)25-10-14(21)19-12-8-6-5-7-9-12/h12,20H,4-10H2,1-3H3,(H,19,21). The van der Waals surface area contributed by atoms with Crippen molar-refractivity contribution in [2.24, 2.45) is 0 Å². The number of nitrogens with one attached hydrogen (secondary N) is 2. The van der Waals surface area contributed by atoms with E-state index in [4.69, 9.17) is 9.47 Å². The second kappa shape index (κ2) is 8.69. The lowest BCUT2D eigenvalue weighted by molar-refractivity contribution is -0.125. The lowest BCUT2D eigenvalue weighted by Crippen LogP contribution is -2.38. The van der Waals surface area contributed by atoms with Crippen LogP contribution in [-0.4, -0.2) is 42.6 Å². The molecule has 1 amide bonds. The van der Waals surface area contributed by atoms with E-state index in [0.29, 0.717) is 23.2 Å². The second-order valence-corrected chi connectivity index (χ2v) is 6.30. The first kappa shape index (κ1) is 19.0. The van der Waals surface area contributed by atoms with Crippen LogP contribution >= 0.6 is 0 Å². The summed E-state index contributed by atoms with van der Waals surface area (Å²) in [5, 5.41) is 2.89. The molecule has 2 N–H and O–H groups in total. The molecule has 0 radical (unpaired) electrons. The van der Waals surface area contributed by atoms with Crippen molar-refractivity contribution in [2.45, 2.75) is 58.4 Å². The molecule has 1 heterocycles. The summed E-state index contributed by atoms with van der Waals surface area (Å²) in [6.07, 6.45) is 5.91. The molecule has 1 fully saturated rings. The van der Waals surface area contributed by atoms with Crippen LogP contribution in [0.1, 0.15) is 71.1 Å². The van der Waals surface area contributed by atoms with Crippen LogP contribution in [0.4, 0.5) is 0 Å². The Morgan fingerprint density at radius 1 is 1.16 bits per heavy atom. The van der Waals surface area contributed by atoms with Crippen LogP contribution in [-0.2, 0) is 20.7 Å². The lowest BCUT2D eigenvalue weighted by atomic mass is 9.95. The van der Waals surface area contributed by atoms with Crippen molar-refractivity contribution in [3.63, 3.8) is 0 Å². The fraction of sp³-hybridized carbons (Fsp3) is 0.611. The Morgan fingerprint density at radius 2 is 1.84 bits per heavy atom. The smallest absolute Gasteiger partial charge is 0.355 e. The van der Waals surface area contributed by atoms with Crippen LogP contribution in [0.15, 0.2) is 0 Å². The van der Waals surface area contributed by atoms with Crippen molar-refractivity contribution in [1.82, 2.24) is 10.3 Å². The zero-order valence-electron chi connectivity index (χ0n) is 15.1. The number of hydrogen-bond donors (Lipinski definition) is 2. The van der Waals surface area contributed by atoms with E-state index >= 15 is 0 Å². The molecule has 0 bridgehead atoms. The van der Waals surface area contributed by atoms with Crippen LogP contribution in [0.5, 0.6) is 0 Å². The molecule has 1 aliphatic rings. The number of H-pyrrole nitrogens is 1. The van der Waals surface area contributed by atoms with E-state index in [0.717, 1.165) is 25.7 Å². The summed E-state index contributed by atoms with van der Waals surface area (Å²) in [6.45, 7) is 3.19. The third-order valence-electron chi connectivity index (χ3n) is 4.58. The maximum Gasteiger partial charge on any atom is 0.355 e. The van der Waals surface area contributed by atoms with Crippen molar-refractivity contribution in [3.05, 3.63) is 22.5 Å². The topological polar surface area (TPSA) is 97.5 Å². The highest BCUT2D eigenvalue weighted by Crippen LogP contribution is 2.21. The molecule has 138 valence electrons. The maximum atomic E-state index is 12.3. The predicted octanol–water partition coefficient (Wildman–Crippen LogP) is 2.28. The van der Waals surface area contributed by atoms with E-state index in [2.05, 4.69) is 10.3 Å². The highest BCUT2D eigenvalue weighted by molar-refractivity contribution is 5.99. The monoisotopic (exact) mass is 350 g/mol.